The second-order valence-electron chi connectivity index (χ2n) is 5.77. The Morgan fingerprint density at radius 1 is 1.27 bits per heavy atom. The first kappa shape index (κ1) is 18.5. The molecule has 1 aromatic carbocycles. The highest BCUT2D eigenvalue weighted by atomic mass is 32.2. The van der Waals surface area contributed by atoms with Crippen molar-refractivity contribution in [1.82, 2.24) is 9.71 Å². The molecule has 0 saturated carbocycles. The van der Waals surface area contributed by atoms with Crippen molar-refractivity contribution in [3.63, 3.8) is 0 Å². The normalized spacial score (nSPS) is 11.7. The lowest BCUT2D eigenvalue weighted by molar-refractivity contribution is 0.0699. The number of nitrogens with zero attached hydrogens (tertiary/aromatic N) is 1. The van der Waals surface area contributed by atoms with Gasteiger partial charge >= 0.3 is 5.97 Å². The summed E-state index contributed by atoms with van der Waals surface area (Å²) in [4.78, 5) is 17.1. The molecule has 0 fully saturated rings. The van der Waals surface area contributed by atoms with Gasteiger partial charge in [-0.25, -0.2) is 22.9 Å². The van der Waals surface area contributed by atoms with Crippen LogP contribution in [0.4, 0.5) is 0 Å². The third-order valence-corrected chi connectivity index (χ3v) is 6.27. The molecule has 8 heteroatoms. The molecular formula is C18H18N2O4S2. The summed E-state index contributed by atoms with van der Waals surface area (Å²) in [6, 6.07) is 9.58. The number of sulfonamides is 1. The Labute approximate surface area is 155 Å². The molecule has 2 aromatic heterocycles. The Morgan fingerprint density at radius 3 is 2.73 bits per heavy atom. The van der Waals surface area contributed by atoms with Crippen molar-refractivity contribution in [3.8, 4) is 10.6 Å². The van der Waals surface area contributed by atoms with Gasteiger partial charge in [0.25, 0.3) is 0 Å². The molecule has 0 bridgehead atoms. The van der Waals surface area contributed by atoms with E-state index >= 15 is 0 Å². The molecule has 0 radical (unpaired) electrons. The van der Waals surface area contributed by atoms with Crippen molar-refractivity contribution < 1.29 is 18.3 Å². The molecule has 0 aliphatic carbocycles. The smallest absolute Gasteiger partial charge is 0.336 e. The van der Waals surface area contributed by atoms with E-state index in [0.29, 0.717) is 23.1 Å². The van der Waals surface area contributed by atoms with Gasteiger partial charge in [-0.15, -0.1) is 11.3 Å². The number of hydrogen-bond acceptors (Lipinski definition) is 5. The molecule has 3 aromatic rings. The number of carboxylic acid groups (broad SMARTS) is 1. The summed E-state index contributed by atoms with van der Waals surface area (Å²) in [5, 5.41) is 11.8. The summed E-state index contributed by atoms with van der Waals surface area (Å²) < 4.78 is 27.3. The van der Waals surface area contributed by atoms with Crippen LogP contribution < -0.4 is 4.72 Å². The van der Waals surface area contributed by atoms with Gasteiger partial charge < -0.3 is 5.11 Å². The lowest BCUT2D eigenvalue weighted by Gasteiger charge is -2.10. The van der Waals surface area contributed by atoms with E-state index in [1.807, 2.05) is 24.4 Å². The second kappa shape index (κ2) is 7.53. The van der Waals surface area contributed by atoms with Gasteiger partial charge in [0.2, 0.25) is 10.0 Å². The van der Waals surface area contributed by atoms with E-state index < -0.39 is 16.0 Å². The standard InChI is InChI=1S/C18H18N2O4S2/c1-2-3-8-19-26(23,24)12-6-7-15-13(10-12)14(18(21)22)11-16(20-15)17-5-4-9-25-17/h4-7,9-11,19H,2-3,8H2,1H3,(H,21,22). The monoisotopic (exact) mass is 390 g/mol. The minimum absolute atomic E-state index is 0.0315. The van der Waals surface area contributed by atoms with Gasteiger partial charge in [0, 0.05) is 11.9 Å². The third kappa shape index (κ3) is 3.77. The van der Waals surface area contributed by atoms with E-state index in [-0.39, 0.29) is 10.5 Å². The fraction of sp³-hybridized carbons (Fsp3) is 0.222. The highest BCUT2D eigenvalue weighted by Crippen LogP contribution is 2.29. The van der Waals surface area contributed by atoms with E-state index in [1.165, 1.54) is 29.5 Å². The van der Waals surface area contributed by atoms with Crippen molar-refractivity contribution in [2.45, 2.75) is 24.7 Å². The van der Waals surface area contributed by atoms with Gasteiger partial charge in [0.1, 0.15) is 0 Å². The van der Waals surface area contributed by atoms with Crippen molar-refractivity contribution in [2.75, 3.05) is 6.54 Å². The summed E-state index contributed by atoms with van der Waals surface area (Å²) in [5.41, 5.74) is 1.03. The number of pyridine rings is 1. The van der Waals surface area contributed by atoms with E-state index in [1.54, 1.807) is 6.07 Å². The zero-order chi connectivity index (χ0) is 18.7. The van der Waals surface area contributed by atoms with Gasteiger partial charge in [0.15, 0.2) is 0 Å². The van der Waals surface area contributed by atoms with Gasteiger partial charge in [0.05, 0.1) is 26.5 Å². The minimum Gasteiger partial charge on any atom is -0.478 e. The number of benzene rings is 1. The number of hydrogen-bond donors (Lipinski definition) is 2. The summed E-state index contributed by atoms with van der Waals surface area (Å²) >= 11 is 1.46. The number of unbranched alkanes of at least 4 members (excludes halogenated alkanes) is 1. The zero-order valence-electron chi connectivity index (χ0n) is 14.1. The summed E-state index contributed by atoms with van der Waals surface area (Å²) in [6.45, 7) is 2.32. The number of nitrogens with one attached hydrogen (secondary N) is 1. The van der Waals surface area contributed by atoms with E-state index in [2.05, 4.69) is 9.71 Å². The van der Waals surface area contributed by atoms with Crippen molar-refractivity contribution >= 4 is 38.2 Å². The van der Waals surface area contributed by atoms with Crippen LogP contribution in [0, 0.1) is 0 Å². The maximum absolute atomic E-state index is 12.4. The van der Waals surface area contributed by atoms with Crippen LogP contribution in [0.3, 0.4) is 0 Å². The van der Waals surface area contributed by atoms with Crippen molar-refractivity contribution in [3.05, 3.63) is 47.3 Å². The first-order chi connectivity index (χ1) is 12.4. The van der Waals surface area contributed by atoms with Crippen molar-refractivity contribution in [2.24, 2.45) is 0 Å². The number of rotatable bonds is 7. The summed E-state index contributed by atoms with van der Waals surface area (Å²) in [5.74, 6) is -1.12. The Kier molecular flexibility index (Phi) is 5.36. The largest absolute Gasteiger partial charge is 0.478 e. The molecule has 0 aliphatic heterocycles. The number of fused-ring (bicyclic) bond motifs is 1. The molecule has 3 rings (SSSR count). The Hall–Kier alpha value is -2.29. The fourth-order valence-electron chi connectivity index (χ4n) is 2.57. The van der Waals surface area contributed by atoms with Crippen LogP contribution in [0.1, 0.15) is 30.1 Å². The molecular weight excluding hydrogens is 372 g/mol. The average Bonchev–Trinajstić information content (AvgIpc) is 3.15. The second-order valence-corrected chi connectivity index (χ2v) is 8.48. The quantitative estimate of drug-likeness (QED) is 0.599. The highest BCUT2D eigenvalue weighted by molar-refractivity contribution is 7.89. The molecule has 0 aliphatic rings. The first-order valence-corrected chi connectivity index (χ1v) is 10.5. The number of thiophene rings is 1. The lowest BCUT2D eigenvalue weighted by atomic mass is 10.1. The molecule has 0 atom stereocenters. The highest BCUT2D eigenvalue weighted by Gasteiger charge is 2.18. The Balaban J connectivity index is 2.10. The maximum Gasteiger partial charge on any atom is 0.336 e. The number of aromatic nitrogens is 1. The molecule has 26 heavy (non-hydrogen) atoms. The van der Waals surface area contributed by atoms with Gasteiger partial charge in [-0.3, -0.25) is 0 Å². The van der Waals surface area contributed by atoms with Gasteiger partial charge in [-0.1, -0.05) is 19.4 Å². The molecule has 0 spiro atoms. The van der Waals surface area contributed by atoms with Crippen LogP contribution in [-0.4, -0.2) is 31.0 Å². The molecule has 2 heterocycles. The van der Waals surface area contributed by atoms with Gasteiger partial charge in [-0.05, 0) is 42.1 Å². The van der Waals surface area contributed by atoms with E-state index in [0.717, 1.165) is 17.7 Å². The number of carboxylic acids is 1. The van der Waals surface area contributed by atoms with Crippen LogP contribution >= 0.6 is 11.3 Å². The number of carbonyl (C=O) groups is 1. The average molecular weight is 390 g/mol. The molecule has 136 valence electrons. The van der Waals surface area contributed by atoms with E-state index in [4.69, 9.17) is 0 Å². The third-order valence-electron chi connectivity index (χ3n) is 3.92. The predicted octanol–water partition coefficient (Wildman–Crippen LogP) is 3.74. The van der Waals surface area contributed by atoms with Crippen LogP contribution in [0.2, 0.25) is 0 Å². The topological polar surface area (TPSA) is 96.4 Å². The zero-order valence-corrected chi connectivity index (χ0v) is 15.7. The lowest BCUT2D eigenvalue weighted by Crippen LogP contribution is -2.24. The maximum atomic E-state index is 12.4. The number of aromatic carboxylic acids is 1. The first-order valence-electron chi connectivity index (χ1n) is 8.14. The SMILES string of the molecule is CCCCNS(=O)(=O)c1ccc2nc(-c3cccs3)cc(C(=O)O)c2c1. The Morgan fingerprint density at radius 2 is 2.08 bits per heavy atom. The molecule has 0 saturated heterocycles. The molecule has 6 nitrogen and oxygen atoms in total. The van der Waals surface area contributed by atoms with Gasteiger partial charge in [-0.2, -0.15) is 0 Å². The van der Waals surface area contributed by atoms with Crippen LogP contribution in [0.25, 0.3) is 21.5 Å². The van der Waals surface area contributed by atoms with Crippen LogP contribution in [-0.2, 0) is 10.0 Å². The molecule has 2 N–H and O–H groups in total. The summed E-state index contributed by atoms with van der Waals surface area (Å²) in [6.07, 6.45) is 1.61. The van der Waals surface area contributed by atoms with Crippen molar-refractivity contribution in [1.29, 1.82) is 0 Å². The van der Waals surface area contributed by atoms with Crippen LogP contribution in [0.5, 0.6) is 0 Å². The molecule has 0 amide bonds. The Bertz CT molecular complexity index is 1040. The fourth-order valence-corrected chi connectivity index (χ4v) is 4.35. The molecule has 0 unspecified atom stereocenters. The van der Waals surface area contributed by atoms with E-state index in [9.17, 15) is 18.3 Å². The van der Waals surface area contributed by atoms with Crippen LogP contribution in [0.15, 0.2) is 46.7 Å². The predicted molar refractivity (Wildman–Crippen MR) is 102 cm³/mol. The summed E-state index contributed by atoms with van der Waals surface area (Å²) in [7, 11) is -3.69. The minimum atomic E-state index is -3.69.